The molecule has 1 heterocycles. The molecule has 0 atom stereocenters. The fraction of sp³-hybridized carbons (Fsp3) is 0.0588. The van der Waals surface area contributed by atoms with Gasteiger partial charge in [-0.1, -0.05) is 64.5 Å². The minimum atomic E-state index is -1.09. The van der Waals surface area contributed by atoms with Gasteiger partial charge >= 0.3 is 6.09 Å². The van der Waals surface area contributed by atoms with E-state index in [0.29, 0.717) is 6.42 Å². The molecule has 0 amide bonds. The summed E-state index contributed by atoms with van der Waals surface area (Å²) in [6.07, 6.45) is 1.03. The molecule has 1 aromatic heterocycles. The summed E-state index contributed by atoms with van der Waals surface area (Å²) in [7, 11) is 0. The van der Waals surface area contributed by atoms with Crippen molar-refractivity contribution in [2.45, 2.75) is 6.42 Å². The zero-order valence-electron chi connectivity index (χ0n) is 11.6. The van der Waals surface area contributed by atoms with Crippen molar-refractivity contribution in [3.05, 3.63) is 76.5 Å². The molecule has 0 fully saturated rings. The number of nitrogens with zero attached hydrogens (tertiary/aromatic N) is 2. The first-order chi connectivity index (χ1) is 10.6. The number of halogens is 1. The Kier molecular flexibility index (Phi) is 4.06. The molecular formula is C17H13BrN2O2. The highest BCUT2D eigenvalue weighted by Gasteiger charge is 2.15. The van der Waals surface area contributed by atoms with Gasteiger partial charge in [0.1, 0.15) is 0 Å². The van der Waals surface area contributed by atoms with Crippen molar-refractivity contribution in [1.29, 1.82) is 0 Å². The van der Waals surface area contributed by atoms with Crippen LogP contribution in [0.3, 0.4) is 0 Å². The highest BCUT2D eigenvalue weighted by molar-refractivity contribution is 9.10. The minimum Gasteiger partial charge on any atom is -0.463 e. The first kappa shape index (κ1) is 14.5. The largest absolute Gasteiger partial charge is 0.463 e. The van der Waals surface area contributed by atoms with Crippen molar-refractivity contribution in [2.75, 3.05) is 0 Å². The monoisotopic (exact) mass is 356 g/mol. The molecule has 3 aromatic rings. The third-order valence-corrected chi connectivity index (χ3v) is 4.16. The van der Waals surface area contributed by atoms with Crippen LogP contribution in [0.25, 0.3) is 11.1 Å². The summed E-state index contributed by atoms with van der Waals surface area (Å²) in [5.41, 5.74) is 3.59. The van der Waals surface area contributed by atoms with Crippen molar-refractivity contribution >= 4 is 22.0 Å². The predicted octanol–water partition coefficient (Wildman–Crippen LogP) is 4.43. The standard InChI is InChI=1S/C17H13BrN2O2/c18-15-9-5-4-8-13(15)10-16-14(11-20(19-16)17(21)22)12-6-2-1-3-7-12/h1-9,11H,10H2,(H,21,22). The topological polar surface area (TPSA) is 55.1 Å². The van der Waals surface area contributed by atoms with Gasteiger partial charge in [-0.15, -0.1) is 0 Å². The zero-order valence-corrected chi connectivity index (χ0v) is 13.2. The molecule has 0 bridgehead atoms. The molecule has 4 nitrogen and oxygen atoms in total. The Bertz CT molecular complexity index is 813. The van der Waals surface area contributed by atoms with Crippen LogP contribution in [-0.4, -0.2) is 21.0 Å². The van der Waals surface area contributed by atoms with Crippen molar-refractivity contribution in [1.82, 2.24) is 9.78 Å². The number of benzene rings is 2. The van der Waals surface area contributed by atoms with E-state index < -0.39 is 6.09 Å². The Balaban J connectivity index is 2.06. The minimum absolute atomic E-state index is 0.561. The van der Waals surface area contributed by atoms with Crippen molar-refractivity contribution in [2.24, 2.45) is 0 Å². The smallest absolute Gasteiger partial charge is 0.432 e. The van der Waals surface area contributed by atoms with Gasteiger partial charge in [0, 0.05) is 22.7 Å². The second-order valence-electron chi connectivity index (χ2n) is 4.85. The number of carboxylic acid groups (broad SMARTS) is 1. The number of carbonyl (C=O) groups is 1. The van der Waals surface area contributed by atoms with Gasteiger partial charge in [0.15, 0.2) is 0 Å². The van der Waals surface area contributed by atoms with E-state index in [2.05, 4.69) is 21.0 Å². The average molecular weight is 357 g/mol. The molecule has 0 spiro atoms. The Morgan fingerprint density at radius 3 is 2.45 bits per heavy atom. The molecule has 22 heavy (non-hydrogen) atoms. The van der Waals surface area contributed by atoms with E-state index in [9.17, 15) is 9.90 Å². The van der Waals surface area contributed by atoms with Gasteiger partial charge in [0.25, 0.3) is 0 Å². The lowest BCUT2D eigenvalue weighted by Crippen LogP contribution is -2.08. The average Bonchev–Trinajstić information content (AvgIpc) is 2.95. The van der Waals surface area contributed by atoms with Gasteiger partial charge in [-0.25, -0.2) is 4.79 Å². The molecule has 3 rings (SSSR count). The molecule has 0 radical (unpaired) electrons. The van der Waals surface area contributed by atoms with E-state index in [0.717, 1.165) is 31.5 Å². The number of rotatable bonds is 3. The van der Waals surface area contributed by atoms with E-state index in [1.54, 1.807) is 6.20 Å². The lowest BCUT2D eigenvalue weighted by atomic mass is 10.0. The molecule has 0 aliphatic rings. The highest BCUT2D eigenvalue weighted by atomic mass is 79.9. The molecule has 0 aliphatic heterocycles. The maximum Gasteiger partial charge on any atom is 0.432 e. The Labute approximate surface area is 136 Å². The number of hydrogen-bond acceptors (Lipinski definition) is 2. The molecule has 1 N–H and O–H groups in total. The molecule has 2 aromatic carbocycles. The predicted molar refractivity (Wildman–Crippen MR) is 88.0 cm³/mol. The van der Waals surface area contributed by atoms with Crippen LogP contribution >= 0.6 is 15.9 Å². The van der Waals surface area contributed by atoms with Crippen molar-refractivity contribution in [3.8, 4) is 11.1 Å². The normalized spacial score (nSPS) is 10.6. The van der Waals surface area contributed by atoms with Gasteiger partial charge < -0.3 is 5.11 Å². The Hall–Kier alpha value is -2.40. The quantitative estimate of drug-likeness (QED) is 0.755. The van der Waals surface area contributed by atoms with E-state index in [4.69, 9.17) is 0 Å². The summed E-state index contributed by atoms with van der Waals surface area (Å²) < 4.78 is 1.95. The molecule has 0 unspecified atom stereocenters. The van der Waals surface area contributed by atoms with E-state index in [-0.39, 0.29) is 0 Å². The van der Waals surface area contributed by atoms with Crippen LogP contribution in [0.2, 0.25) is 0 Å². The summed E-state index contributed by atoms with van der Waals surface area (Å²) in [5, 5.41) is 13.4. The fourth-order valence-electron chi connectivity index (χ4n) is 2.32. The van der Waals surface area contributed by atoms with Gasteiger partial charge in [-0.05, 0) is 17.2 Å². The molecule has 110 valence electrons. The summed E-state index contributed by atoms with van der Waals surface area (Å²) in [6.45, 7) is 0. The van der Waals surface area contributed by atoms with Crippen LogP contribution in [-0.2, 0) is 6.42 Å². The molecule has 0 saturated heterocycles. The summed E-state index contributed by atoms with van der Waals surface area (Å²) in [4.78, 5) is 11.2. The first-order valence-corrected chi connectivity index (χ1v) is 7.55. The third kappa shape index (κ3) is 2.94. The van der Waals surface area contributed by atoms with Gasteiger partial charge in [-0.2, -0.15) is 9.78 Å². The number of hydrogen-bond donors (Lipinski definition) is 1. The molecule has 5 heteroatoms. The summed E-state index contributed by atoms with van der Waals surface area (Å²) >= 11 is 3.52. The second-order valence-corrected chi connectivity index (χ2v) is 5.71. The van der Waals surface area contributed by atoms with Gasteiger partial charge in [0.05, 0.1) is 5.69 Å². The van der Waals surface area contributed by atoms with Crippen molar-refractivity contribution < 1.29 is 9.90 Å². The van der Waals surface area contributed by atoms with Crippen LogP contribution in [0.1, 0.15) is 11.3 Å². The lowest BCUT2D eigenvalue weighted by Gasteiger charge is -2.05. The molecule has 0 saturated carbocycles. The SMILES string of the molecule is O=C(O)n1cc(-c2ccccc2)c(Cc2ccccc2Br)n1. The molecule has 0 aliphatic carbocycles. The van der Waals surface area contributed by atoms with E-state index >= 15 is 0 Å². The van der Waals surface area contributed by atoms with E-state index in [1.165, 1.54) is 0 Å². The van der Waals surface area contributed by atoms with Gasteiger partial charge in [-0.3, -0.25) is 0 Å². The van der Waals surface area contributed by atoms with Crippen LogP contribution in [0.5, 0.6) is 0 Å². The van der Waals surface area contributed by atoms with Crippen LogP contribution < -0.4 is 0 Å². The highest BCUT2D eigenvalue weighted by Crippen LogP contribution is 2.27. The van der Waals surface area contributed by atoms with E-state index in [1.807, 2.05) is 54.6 Å². The first-order valence-electron chi connectivity index (χ1n) is 6.76. The van der Waals surface area contributed by atoms with Crippen LogP contribution in [0.15, 0.2) is 65.3 Å². The Morgan fingerprint density at radius 1 is 1.09 bits per heavy atom. The number of aromatic nitrogens is 2. The fourth-order valence-corrected chi connectivity index (χ4v) is 2.74. The van der Waals surface area contributed by atoms with Crippen LogP contribution in [0, 0.1) is 0 Å². The maximum absolute atomic E-state index is 11.2. The zero-order chi connectivity index (χ0) is 15.5. The van der Waals surface area contributed by atoms with Crippen LogP contribution in [0.4, 0.5) is 4.79 Å². The summed E-state index contributed by atoms with van der Waals surface area (Å²) in [6, 6.07) is 17.5. The summed E-state index contributed by atoms with van der Waals surface area (Å²) in [5.74, 6) is 0. The van der Waals surface area contributed by atoms with Gasteiger partial charge in [0.2, 0.25) is 0 Å². The van der Waals surface area contributed by atoms with Crippen molar-refractivity contribution in [3.63, 3.8) is 0 Å². The second kappa shape index (κ2) is 6.15. The molecular weight excluding hydrogens is 344 g/mol. The Morgan fingerprint density at radius 2 is 1.77 bits per heavy atom. The third-order valence-electron chi connectivity index (χ3n) is 3.39. The lowest BCUT2D eigenvalue weighted by molar-refractivity contribution is 0.192. The maximum atomic E-state index is 11.2.